The fraction of sp³-hybridized carbons (Fsp3) is 0.459. The van der Waals surface area contributed by atoms with Gasteiger partial charge in [0.25, 0.3) is 0 Å². The minimum atomic E-state index is -1.00. The number of aliphatic hydroxyl groups excluding tert-OH is 1. The van der Waals surface area contributed by atoms with Gasteiger partial charge in [0.05, 0.1) is 38.6 Å². The Hall–Kier alpha value is -3.45. The first-order chi connectivity index (χ1) is 21.7. The molecule has 44 heavy (non-hydrogen) atoms. The van der Waals surface area contributed by atoms with Crippen LogP contribution < -0.4 is 0 Å². The molecule has 0 aromatic heterocycles. The van der Waals surface area contributed by atoms with Gasteiger partial charge >= 0.3 is 0 Å². The maximum Gasteiger partial charge on any atom is 0.113 e. The average molecular weight is 600 g/mol. The quantitative estimate of drug-likeness (QED) is 0.0365. The number of unbranched alkanes of at least 4 members (excludes halogenated alkanes) is 7. The van der Waals surface area contributed by atoms with E-state index in [1.54, 1.807) is 0 Å². The Morgan fingerprint density at radius 1 is 0.682 bits per heavy atom. The van der Waals surface area contributed by atoms with Crippen LogP contribution in [0.1, 0.15) is 74.5 Å². The number of allylic oxidation sites excluding steroid dienone is 1. The molecule has 0 amide bonds. The van der Waals surface area contributed by atoms with Gasteiger partial charge in [0.2, 0.25) is 0 Å². The van der Waals surface area contributed by atoms with E-state index >= 15 is 0 Å². The van der Waals surface area contributed by atoms with E-state index in [1.165, 1.54) is 25.7 Å². The molecule has 0 heterocycles. The van der Waals surface area contributed by atoms with Crippen molar-refractivity contribution >= 4 is 0 Å². The molecule has 3 aromatic rings. The maximum absolute atomic E-state index is 11.5. The third-order valence-corrected chi connectivity index (χ3v) is 7.66. The predicted octanol–water partition coefficient (Wildman–Crippen LogP) is 9.11. The van der Waals surface area contributed by atoms with Gasteiger partial charge in [0.1, 0.15) is 12.2 Å². The molecule has 1 N–H and O–H groups in total. The van der Waals surface area contributed by atoms with Gasteiger partial charge in [-0.05, 0) is 41.5 Å². The molecule has 4 atom stereocenters. The molecule has 0 aliphatic heterocycles. The van der Waals surface area contributed by atoms with Crippen molar-refractivity contribution in [2.45, 2.75) is 102 Å². The van der Waals surface area contributed by atoms with Crippen molar-refractivity contribution in [1.82, 2.24) is 0 Å². The molecule has 3 aromatic carbocycles. The normalized spacial score (nSPS) is 13.8. The molecule has 0 bridgehead atoms. The van der Waals surface area contributed by atoms with Crippen molar-refractivity contribution in [3.8, 4) is 0 Å². The van der Waals surface area contributed by atoms with Crippen molar-refractivity contribution < 1.29 is 19.3 Å². The van der Waals surface area contributed by atoms with Crippen LogP contribution in [0.25, 0.3) is 10.4 Å². The second-order valence-corrected chi connectivity index (χ2v) is 11.2. The van der Waals surface area contributed by atoms with Gasteiger partial charge in [0, 0.05) is 4.91 Å². The van der Waals surface area contributed by atoms with Crippen LogP contribution in [0.2, 0.25) is 0 Å². The van der Waals surface area contributed by atoms with E-state index in [-0.39, 0.29) is 13.2 Å². The highest BCUT2D eigenvalue weighted by Crippen LogP contribution is 2.24. The van der Waals surface area contributed by atoms with Gasteiger partial charge in [-0.1, -0.05) is 141 Å². The monoisotopic (exact) mass is 599 g/mol. The Balaban J connectivity index is 1.73. The number of ether oxygens (including phenoxy) is 3. The number of hydrogen-bond donors (Lipinski definition) is 1. The highest BCUT2D eigenvalue weighted by atomic mass is 16.6. The molecule has 0 fully saturated rings. The highest BCUT2D eigenvalue weighted by molar-refractivity contribution is 5.15. The standard InChI is InChI=1S/C37H49N3O4/c1-2-3-4-5-6-7-8-9-19-26-34(39-40-38)36(43-28-32-22-15-11-16-23-32)37(44-29-33-24-17-12-18-25-33)35(41)30-42-27-31-20-13-10-14-21-31/h2,10-18,20-25,34-37,41H,1,3-9,19,26-30H2/t34-,35-,36?,37-/m1/s1. The fourth-order valence-electron chi connectivity index (χ4n) is 5.23. The summed E-state index contributed by atoms with van der Waals surface area (Å²) in [6, 6.07) is 29.1. The van der Waals surface area contributed by atoms with Gasteiger partial charge in [0.15, 0.2) is 0 Å². The number of hydrogen-bond acceptors (Lipinski definition) is 5. The van der Waals surface area contributed by atoms with E-state index < -0.39 is 24.4 Å². The highest BCUT2D eigenvalue weighted by Gasteiger charge is 2.36. The fourth-order valence-corrected chi connectivity index (χ4v) is 5.23. The molecular weight excluding hydrogens is 550 g/mol. The van der Waals surface area contributed by atoms with E-state index in [0.717, 1.165) is 42.4 Å². The van der Waals surface area contributed by atoms with Gasteiger partial charge in [-0.25, -0.2) is 0 Å². The molecule has 0 aliphatic rings. The second-order valence-electron chi connectivity index (χ2n) is 11.2. The number of nitrogens with zero attached hydrogens (tertiary/aromatic N) is 3. The summed E-state index contributed by atoms with van der Waals surface area (Å²) in [5.41, 5.74) is 12.6. The Labute approximate surface area is 263 Å². The summed E-state index contributed by atoms with van der Waals surface area (Å²) in [4.78, 5) is 3.20. The van der Waals surface area contributed by atoms with Gasteiger partial charge in [-0.2, -0.15) is 0 Å². The smallest absolute Gasteiger partial charge is 0.113 e. The Morgan fingerprint density at radius 2 is 1.16 bits per heavy atom. The van der Waals surface area contributed by atoms with Crippen LogP contribution in [0, 0.1) is 0 Å². The average Bonchev–Trinajstić information content (AvgIpc) is 3.06. The number of azide groups is 1. The molecule has 0 aliphatic carbocycles. The summed E-state index contributed by atoms with van der Waals surface area (Å²) < 4.78 is 18.8. The third-order valence-electron chi connectivity index (χ3n) is 7.66. The predicted molar refractivity (Wildman–Crippen MR) is 177 cm³/mol. The topological polar surface area (TPSA) is 96.7 Å². The van der Waals surface area contributed by atoms with E-state index in [1.807, 2.05) is 97.1 Å². The van der Waals surface area contributed by atoms with Crippen LogP contribution in [0.15, 0.2) is 109 Å². The van der Waals surface area contributed by atoms with Gasteiger partial charge in [-0.15, -0.1) is 6.58 Å². The third kappa shape index (κ3) is 13.9. The first-order valence-electron chi connectivity index (χ1n) is 16.0. The van der Waals surface area contributed by atoms with E-state index in [4.69, 9.17) is 14.2 Å². The number of aliphatic hydroxyl groups is 1. The second kappa shape index (κ2) is 22.1. The zero-order valence-electron chi connectivity index (χ0n) is 26.0. The van der Waals surface area contributed by atoms with Crippen LogP contribution in [0.4, 0.5) is 0 Å². The minimum absolute atomic E-state index is 0.0500. The van der Waals surface area contributed by atoms with Gasteiger partial charge < -0.3 is 19.3 Å². The molecule has 0 saturated carbocycles. The number of rotatable bonds is 24. The van der Waals surface area contributed by atoms with Crippen molar-refractivity contribution in [2.24, 2.45) is 5.11 Å². The summed E-state index contributed by atoms with van der Waals surface area (Å²) in [6.07, 6.45) is 9.16. The van der Waals surface area contributed by atoms with Crippen molar-refractivity contribution in [3.63, 3.8) is 0 Å². The van der Waals surface area contributed by atoms with Crippen LogP contribution in [0.5, 0.6) is 0 Å². The van der Waals surface area contributed by atoms with Crippen molar-refractivity contribution in [1.29, 1.82) is 0 Å². The molecule has 3 rings (SSSR count). The van der Waals surface area contributed by atoms with Crippen LogP contribution in [-0.2, 0) is 34.0 Å². The molecule has 0 radical (unpaired) electrons. The molecular formula is C37H49N3O4. The maximum atomic E-state index is 11.5. The zero-order chi connectivity index (χ0) is 31.1. The largest absolute Gasteiger partial charge is 0.388 e. The Bertz CT molecular complexity index is 1190. The molecule has 1 unspecified atom stereocenters. The SMILES string of the molecule is C=CCCCCCCCCC[C@@H](N=[N+]=[N-])C(OCc1ccccc1)[C@H](OCc1ccccc1)[C@H](O)COCc1ccccc1. The lowest BCUT2D eigenvalue weighted by Crippen LogP contribution is -2.48. The van der Waals surface area contributed by atoms with Crippen molar-refractivity contribution in [3.05, 3.63) is 131 Å². The Morgan fingerprint density at radius 3 is 1.68 bits per heavy atom. The molecule has 0 spiro atoms. The lowest BCUT2D eigenvalue weighted by atomic mass is 9.95. The van der Waals surface area contributed by atoms with E-state index in [0.29, 0.717) is 19.6 Å². The molecule has 236 valence electrons. The zero-order valence-corrected chi connectivity index (χ0v) is 26.0. The van der Waals surface area contributed by atoms with Crippen LogP contribution >= 0.6 is 0 Å². The molecule has 0 saturated heterocycles. The van der Waals surface area contributed by atoms with E-state index in [2.05, 4.69) is 16.6 Å². The summed E-state index contributed by atoms with van der Waals surface area (Å²) in [7, 11) is 0. The van der Waals surface area contributed by atoms with Gasteiger partial charge in [-0.3, -0.25) is 0 Å². The van der Waals surface area contributed by atoms with Crippen LogP contribution in [0.3, 0.4) is 0 Å². The lowest BCUT2D eigenvalue weighted by molar-refractivity contribution is -0.154. The summed E-state index contributed by atoms with van der Waals surface area (Å²) >= 11 is 0. The molecule has 7 nitrogen and oxygen atoms in total. The Kier molecular flexibility index (Phi) is 17.6. The number of benzene rings is 3. The van der Waals surface area contributed by atoms with Crippen LogP contribution in [-0.4, -0.2) is 36.1 Å². The lowest BCUT2D eigenvalue weighted by Gasteiger charge is -2.34. The summed E-state index contributed by atoms with van der Waals surface area (Å²) in [5, 5.41) is 15.7. The first-order valence-corrected chi connectivity index (χ1v) is 16.0. The first kappa shape index (κ1) is 35.0. The summed E-state index contributed by atoms with van der Waals surface area (Å²) in [6.45, 7) is 4.79. The summed E-state index contributed by atoms with van der Waals surface area (Å²) in [5.74, 6) is 0. The van der Waals surface area contributed by atoms with Crippen molar-refractivity contribution in [2.75, 3.05) is 6.61 Å². The van der Waals surface area contributed by atoms with E-state index in [9.17, 15) is 10.6 Å². The molecule has 7 heteroatoms. The minimum Gasteiger partial charge on any atom is -0.388 e.